The summed E-state index contributed by atoms with van der Waals surface area (Å²) >= 11 is 0. The molecule has 0 aliphatic carbocycles. The predicted molar refractivity (Wildman–Crippen MR) is 97.2 cm³/mol. The molecule has 0 spiro atoms. The largest absolute Gasteiger partial charge is 0.503 e. The summed E-state index contributed by atoms with van der Waals surface area (Å²) in [6.45, 7) is 5.36. The van der Waals surface area contributed by atoms with Crippen molar-refractivity contribution >= 4 is 17.4 Å². The van der Waals surface area contributed by atoms with Gasteiger partial charge in [-0.2, -0.15) is 0 Å². The minimum absolute atomic E-state index is 0.160. The molecule has 2 aromatic carbocycles. The second kappa shape index (κ2) is 6.20. The van der Waals surface area contributed by atoms with Gasteiger partial charge in [-0.05, 0) is 17.7 Å². The molecule has 25 heavy (non-hydrogen) atoms. The van der Waals surface area contributed by atoms with E-state index in [-0.39, 0.29) is 11.4 Å². The van der Waals surface area contributed by atoms with E-state index in [1.807, 2.05) is 48.5 Å². The van der Waals surface area contributed by atoms with Crippen molar-refractivity contribution in [1.82, 2.24) is 0 Å². The molecule has 1 N–H and O–H groups in total. The Bertz CT molecular complexity index is 832. The Kier molecular flexibility index (Phi) is 4.21. The van der Waals surface area contributed by atoms with Gasteiger partial charge in [0.1, 0.15) is 0 Å². The molecule has 4 nitrogen and oxygen atoms in total. The molecule has 0 aromatic heterocycles. The summed E-state index contributed by atoms with van der Waals surface area (Å²) in [7, 11) is 0. The fourth-order valence-electron chi connectivity index (χ4n) is 3.05. The van der Waals surface area contributed by atoms with E-state index in [1.54, 1.807) is 32.9 Å². The maximum atomic E-state index is 13.0. The number of anilines is 1. The zero-order valence-electron chi connectivity index (χ0n) is 14.6. The molecule has 1 heterocycles. The zero-order chi connectivity index (χ0) is 18.2. The Labute approximate surface area is 147 Å². The van der Waals surface area contributed by atoms with Gasteiger partial charge in [-0.15, -0.1) is 0 Å². The lowest BCUT2D eigenvalue weighted by Crippen LogP contribution is -2.32. The van der Waals surface area contributed by atoms with Gasteiger partial charge in [0.2, 0.25) is 0 Å². The van der Waals surface area contributed by atoms with E-state index >= 15 is 0 Å². The second-order valence-electron chi connectivity index (χ2n) is 7.17. The van der Waals surface area contributed by atoms with Crippen molar-refractivity contribution < 1.29 is 14.7 Å². The number of rotatable bonds is 3. The minimum Gasteiger partial charge on any atom is -0.503 e. The maximum absolute atomic E-state index is 13.0. The van der Waals surface area contributed by atoms with Crippen LogP contribution in [0.3, 0.4) is 0 Å². The molecule has 0 saturated heterocycles. The molecule has 1 aliphatic heterocycles. The van der Waals surface area contributed by atoms with Crippen LogP contribution in [0.2, 0.25) is 0 Å². The van der Waals surface area contributed by atoms with Gasteiger partial charge in [0, 0.05) is 11.1 Å². The van der Waals surface area contributed by atoms with Crippen molar-refractivity contribution in [2.24, 2.45) is 5.41 Å². The number of ketones is 1. The number of Topliss-reactive ketones (excluding diaryl/α,β-unsaturated/α-hetero) is 1. The molecule has 3 rings (SSSR count). The van der Waals surface area contributed by atoms with E-state index in [1.165, 1.54) is 4.90 Å². The first-order chi connectivity index (χ1) is 11.8. The highest BCUT2D eigenvalue weighted by Crippen LogP contribution is 2.43. The van der Waals surface area contributed by atoms with Gasteiger partial charge in [-0.1, -0.05) is 69.3 Å². The average molecular weight is 335 g/mol. The lowest BCUT2D eigenvalue weighted by Gasteiger charge is -2.28. The summed E-state index contributed by atoms with van der Waals surface area (Å²) in [4.78, 5) is 27.3. The third-order valence-electron chi connectivity index (χ3n) is 4.28. The molecular formula is C21H21NO3. The molecule has 0 bridgehead atoms. The van der Waals surface area contributed by atoms with Gasteiger partial charge in [0.25, 0.3) is 5.91 Å². The molecular weight excluding hydrogens is 314 g/mol. The van der Waals surface area contributed by atoms with Crippen molar-refractivity contribution in [2.45, 2.75) is 26.8 Å². The number of aliphatic hydroxyl groups is 1. The number of carbonyl (C=O) groups excluding carboxylic acids is 2. The van der Waals surface area contributed by atoms with Crippen LogP contribution in [0.5, 0.6) is 0 Å². The summed E-state index contributed by atoms with van der Waals surface area (Å²) in [6, 6.07) is 17.8. The third kappa shape index (κ3) is 2.95. The fraction of sp³-hybridized carbons (Fsp3) is 0.238. The highest BCUT2D eigenvalue weighted by Gasteiger charge is 2.46. The van der Waals surface area contributed by atoms with Crippen LogP contribution in [-0.4, -0.2) is 16.8 Å². The fourth-order valence-corrected chi connectivity index (χ4v) is 3.05. The Morgan fingerprint density at radius 2 is 1.48 bits per heavy atom. The van der Waals surface area contributed by atoms with Crippen molar-refractivity contribution in [3.8, 4) is 0 Å². The van der Waals surface area contributed by atoms with Crippen LogP contribution in [0.1, 0.15) is 32.4 Å². The van der Waals surface area contributed by atoms with Crippen LogP contribution in [0.15, 0.2) is 72.0 Å². The van der Waals surface area contributed by atoms with Crippen molar-refractivity contribution in [2.75, 3.05) is 4.90 Å². The summed E-state index contributed by atoms with van der Waals surface area (Å²) < 4.78 is 0. The van der Waals surface area contributed by atoms with E-state index in [0.29, 0.717) is 5.69 Å². The van der Waals surface area contributed by atoms with Crippen LogP contribution in [0.25, 0.3) is 0 Å². The summed E-state index contributed by atoms with van der Waals surface area (Å²) in [5.41, 5.74) is 0.886. The molecule has 4 heteroatoms. The molecule has 1 atom stereocenters. The summed E-state index contributed by atoms with van der Waals surface area (Å²) in [5, 5.41) is 10.5. The quantitative estimate of drug-likeness (QED) is 0.914. The van der Waals surface area contributed by atoms with Crippen molar-refractivity contribution in [1.29, 1.82) is 0 Å². The second-order valence-corrected chi connectivity index (χ2v) is 7.17. The number of amides is 1. The van der Waals surface area contributed by atoms with Crippen LogP contribution in [0, 0.1) is 5.41 Å². The summed E-state index contributed by atoms with van der Waals surface area (Å²) in [5.74, 6) is -1.24. The van der Waals surface area contributed by atoms with E-state index in [0.717, 1.165) is 5.56 Å². The normalized spacial score (nSPS) is 18.0. The Hall–Kier alpha value is -2.88. The van der Waals surface area contributed by atoms with Gasteiger partial charge >= 0.3 is 0 Å². The van der Waals surface area contributed by atoms with Crippen molar-refractivity contribution in [3.05, 3.63) is 77.6 Å². The van der Waals surface area contributed by atoms with Crippen molar-refractivity contribution in [3.63, 3.8) is 0 Å². The van der Waals surface area contributed by atoms with E-state index in [2.05, 4.69) is 0 Å². The lowest BCUT2D eigenvalue weighted by atomic mass is 9.82. The number of hydrogen-bond acceptors (Lipinski definition) is 3. The molecule has 128 valence electrons. The number of carbonyl (C=O) groups is 2. The van der Waals surface area contributed by atoms with Gasteiger partial charge < -0.3 is 5.11 Å². The zero-order valence-corrected chi connectivity index (χ0v) is 14.6. The van der Waals surface area contributed by atoms with Gasteiger partial charge in [-0.25, -0.2) is 0 Å². The summed E-state index contributed by atoms with van der Waals surface area (Å²) in [6.07, 6.45) is 0. The monoisotopic (exact) mass is 335 g/mol. The number of benzene rings is 2. The maximum Gasteiger partial charge on any atom is 0.294 e. The molecule has 0 radical (unpaired) electrons. The Morgan fingerprint density at radius 1 is 0.960 bits per heavy atom. The molecule has 2 aromatic rings. The van der Waals surface area contributed by atoms with E-state index in [4.69, 9.17) is 0 Å². The standard InChI is InChI=1S/C21H21NO3/c1-21(2,3)19(24)16-17(14-10-6-4-7-11-14)22(20(25)18(16)23)15-12-8-5-9-13-15/h4-13,17,23H,1-3H3/t17-/m1/s1. The van der Waals surface area contributed by atoms with E-state index in [9.17, 15) is 14.7 Å². The molecule has 1 aliphatic rings. The topological polar surface area (TPSA) is 57.6 Å². The lowest BCUT2D eigenvalue weighted by molar-refractivity contribution is -0.123. The molecule has 0 unspecified atom stereocenters. The first kappa shape index (κ1) is 17.0. The minimum atomic E-state index is -0.705. The first-order valence-corrected chi connectivity index (χ1v) is 8.24. The Balaban J connectivity index is 2.19. The molecule has 0 saturated carbocycles. The first-order valence-electron chi connectivity index (χ1n) is 8.24. The Morgan fingerprint density at radius 3 is 2.00 bits per heavy atom. The highest BCUT2D eigenvalue weighted by atomic mass is 16.3. The number of nitrogens with zero attached hydrogens (tertiary/aromatic N) is 1. The number of aliphatic hydroxyl groups excluding tert-OH is 1. The van der Waals surface area contributed by atoms with Crippen LogP contribution in [-0.2, 0) is 9.59 Å². The number of hydrogen-bond donors (Lipinski definition) is 1. The van der Waals surface area contributed by atoms with Gasteiger partial charge in [-0.3, -0.25) is 14.5 Å². The SMILES string of the molecule is CC(C)(C)C(=O)C1=C(O)C(=O)N(c2ccccc2)[C@@H]1c1ccccc1. The third-order valence-corrected chi connectivity index (χ3v) is 4.28. The molecule has 0 fully saturated rings. The molecule has 1 amide bonds. The number of para-hydroxylation sites is 1. The van der Waals surface area contributed by atoms with Crippen LogP contribution < -0.4 is 4.90 Å². The smallest absolute Gasteiger partial charge is 0.294 e. The van der Waals surface area contributed by atoms with Gasteiger partial charge in [0.05, 0.1) is 11.6 Å². The van der Waals surface area contributed by atoms with Gasteiger partial charge in [0.15, 0.2) is 11.5 Å². The van der Waals surface area contributed by atoms with Crippen LogP contribution >= 0.6 is 0 Å². The average Bonchev–Trinajstić information content (AvgIpc) is 2.86. The van der Waals surface area contributed by atoms with E-state index < -0.39 is 23.1 Å². The van der Waals surface area contributed by atoms with Crippen LogP contribution in [0.4, 0.5) is 5.69 Å². The predicted octanol–water partition coefficient (Wildman–Crippen LogP) is 4.20. The highest BCUT2D eigenvalue weighted by molar-refractivity contribution is 6.17.